The average Bonchev–Trinajstić information content (AvgIpc) is 2.14. The van der Waals surface area contributed by atoms with Gasteiger partial charge >= 0.3 is 0 Å². The van der Waals surface area contributed by atoms with Crippen molar-refractivity contribution in [3.05, 3.63) is 35.4 Å². The van der Waals surface area contributed by atoms with Gasteiger partial charge in [-0.25, -0.2) is 0 Å². The van der Waals surface area contributed by atoms with E-state index in [4.69, 9.17) is 0 Å². The molecule has 1 heteroatoms. The normalized spacial score (nSPS) is 16.6. The van der Waals surface area contributed by atoms with E-state index in [1.807, 2.05) is 7.05 Å². The van der Waals surface area contributed by atoms with E-state index in [9.17, 15) is 0 Å². The molecule has 0 bridgehead atoms. The molecule has 76 valence electrons. The van der Waals surface area contributed by atoms with E-state index in [1.54, 1.807) is 11.1 Å². The third-order valence-electron chi connectivity index (χ3n) is 3.24. The number of benzene rings is 1. The number of likely N-dealkylation sites (N-methyl/N-ethyl adjacent to an activating group) is 1. The van der Waals surface area contributed by atoms with Crippen molar-refractivity contribution >= 4 is 0 Å². The molecule has 0 atom stereocenters. The fourth-order valence-electron chi connectivity index (χ4n) is 2.14. The van der Waals surface area contributed by atoms with Gasteiger partial charge < -0.3 is 5.32 Å². The highest BCUT2D eigenvalue weighted by Crippen LogP contribution is 2.37. The van der Waals surface area contributed by atoms with Crippen LogP contribution in [0.15, 0.2) is 24.3 Å². The summed E-state index contributed by atoms with van der Waals surface area (Å²) in [6.45, 7) is 1.09. The van der Waals surface area contributed by atoms with Gasteiger partial charge in [-0.3, -0.25) is 0 Å². The first-order chi connectivity index (χ1) is 6.92. The Bertz CT molecular complexity index is 289. The third-order valence-corrected chi connectivity index (χ3v) is 3.24. The number of hydrogen-bond donors (Lipinski definition) is 1. The molecule has 1 fully saturated rings. The van der Waals surface area contributed by atoms with Crippen LogP contribution in [0.3, 0.4) is 0 Å². The monoisotopic (exact) mass is 189 g/mol. The highest BCUT2D eigenvalue weighted by atomic mass is 14.8. The van der Waals surface area contributed by atoms with Gasteiger partial charge in [0.1, 0.15) is 0 Å². The second-order valence-corrected chi connectivity index (χ2v) is 4.18. The predicted octanol–water partition coefficient (Wildman–Crippen LogP) is 2.72. The lowest BCUT2D eigenvalue weighted by molar-refractivity contribution is 0.417. The van der Waals surface area contributed by atoms with Gasteiger partial charge in [-0.2, -0.15) is 0 Å². The molecule has 0 saturated heterocycles. The van der Waals surface area contributed by atoms with Crippen LogP contribution >= 0.6 is 0 Å². The molecule has 14 heavy (non-hydrogen) atoms. The topological polar surface area (TPSA) is 12.0 Å². The number of hydrogen-bond acceptors (Lipinski definition) is 1. The first-order valence-electron chi connectivity index (χ1n) is 5.64. The van der Waals surface area contributed by atoms with E-state index >= 15 is 0 Å². The van der Waals surface area contributed by atoms with Crippen LogP contribution in [0.4, 0.5) is 0 Å². The fourth-order valence-corrected chi connectivity index (χ4v) is 2.14. The van der Waals surface area contributed by atoms with Gasteiger partial charge in [0.15, 0.2) is 0 Å². The van der Waals surface area contributed by atoms with Crippen molar-refractivity contribution in [1.29, 1.82) is 0 Å². The van der Waals surface area contributed by atoms with Crippen molar-refractivity contribution in [3.8, 4) is 0 Å². The Morgan fingerprint density at radius 2 is 2.07 bits per heavy atom. The van der Waals surface area contributed by atoms with E-state index in [-0.39, 0.29) is 0 Å². The largest absolute Gasteiger partial charge is 0.319 e. The van der Waals surface area contributed by atoms with Gasteiger partial charge in [0.05, 0.1) is 0 Å². The highest BCUT2D eigenvalue weighted by Gasteiger charge is 2.21. The van der Waals surface area contributed by atoms with Gasteiger partial charge in [0.25, 0.3) is 0 Å². The van der Waals surface area contributed by atoms with Crippen LogP contribution in [0.25, 0.3) is 0 Å². The summed E-state index contributed by atoms with van der Waals surface area (Å²) in [5.41, 5.74) is 3.15. The van der Waals surface area contributed by atoms with E-state index in [0.29, 0.717) is 0 Å². The molecule has 0 amide bonds. The summed E-state index contributed by atoms with van der Waals surface area (Å²) >= 11 is 0. The lowest BCUT2D eigenvalue weighted by Gasteiger charge is -2.28. The average molecular weight is 189 g/mol. The molecule has 1 N–H and O–H groups in total. The Hall–Kier alpha value is -0.820. The van der Waals surface area contributed by atoms with Crippen molar-refractivity contribution in [2.75, 3.05) is 13.6 Å². The summed E-state index contributed by atoms with van der Waals surface area (Å²) in [6.07, 6.45) is 5.39. The maximum atomic E-state index is 3.22. The zero-order valence-electron chi connectivity index (χ0n) is 8.92. The molecular formula is C13H19N. The van der Waals surface area contributed by atoms with Crippen molar-refractivity contribution in [2.45, 2.75) is 31.6 Å². The molecule has 0 heterocycles. The van der Waals surface area contributed by atoms with Gasteiger partial charge in [-0.05, 0) is 49.9 Å². The van der Waals surface area contributed by atoms with Crippen LogP contribution < -0.4 is 5.32 Å². The predicted molar refractivity (Wildman–Crippen MR) is 60.7 cm³/mol. The SMILES string of the molecule is CNCCc1ccccc1C1CCC1. The van der Waals surface area contributed by atoms with Crippen molar-refractivity contribution in [2.24, 2.45) is 0 Å². The molecule has 0 aliphatic heterocycles. The van der Waals surface area contributed by atoms with Crippen molar-refractivity contribution in [1.82, 2.24) is 5.32 Å². The molecule has 0 unspecified atom stereocenters. The molecule has 0 spiro atoms. The smallest absolute Gasteiger partial charge is 0.00113 e. The summed E-state index contributed by atoms with van der Waals surface area (Å²) in [5, 5.41) is 3.22. The van der Waals surface area contributed by atoms with Gasteiger partial charge in [0, 0.05) is 0 Å². The van der Waals surface area contributed by atoms with Crippen LogP contribution in [0.1, 0.15) is 36.3 Å². The van der Waals surface area contributed by atoms with E-state index in [2.05, 4.69) is 29.6 Å². The van der Waals surface area contributed by atoms with Crippen LogP contribution in [-0.4, -0.2) is 13.6 Å². The summed E-state index contributed by atoms with van der Waals surface area (Å²) in [6, 6.07) is 8.93. The van der Waals surface area contributed by atoms with Gasteiger partial charge in [-0.1, -0.05) is 30.7 Å². The Balaban J connectivity index is 2.11. The second kappa shape index (κ2) is 4.61. The first kappa shape index (κ1) is 9.72. The van der Waals surface area contributed by atoms with Crippen LogP contribution in [0.2, 0.25) is 0 Å². The lowest BCUT2D eigenvalue weighted by atomic mass is 9.78. The molecule has 1 aliphatic carbocycles. The summed E-state index contributed by atoms with van der Waals surface area (Å²) in [5.74, 6) is 0.864. The quantitative estimate of drug-likeness (QED) is 0.768. The van der Waals surface area contributed by atoms with Crippen molar-refractivity contribution in [3.63, 3.8) is 0 Å². The van der Waals surface area contributed by atoms with Crippen LogP contribution in [0.5, 0.6) is 0 Å². The zero-order chi connectivity index (χ0) is 9.80. The van der Waals surface area contributed by atoms with E-state index < -0.39 is 0 Å². The molecule has 0 aromatic heterocycles. The van der Waals surface area contributed by atoms with Crippen molar-refractivity contribution < 1.29 is 0 Å². The minimum absolute atomic E-state index is 0.864. The number of rotatable bonds is 4. The van der Waals surface area contributed by atoms with Crippen LogP contribution in [0, 0.1) is 0 Å². The second-order valence-electron chi connectivity index (χ2n) is 4.18. The van der Waals surface area contributed by atoms with E-state index in [1.165, 1.54) is 25.7 Å². The van der Waals surface area contributed by atoms with E-state index in [0.717, 1.165) is 12.5 Å². The van der Waals surface area contributed by atoms with Crippen LogP contribution in [-0.2, 0) is 6.42 Å². The molecule has 0 radical (unpaired) electrons. The molecule has 1 saturated carbocycles. The summed E-state index contributed by atoms with van der Waals surface area (Å²) in [7, 11) is 2.02. The maximum absolute atomic E-state index is 3.22. The van der Waals surface area contributed by atoms with Gasteiger partial charge in [0.2, 0.25) is 0 Å². The number of nitrogens with one attached hydrogen (secondary N) is 1. The summed E-state index contributed by atoms with van der Waals surface area (Å²) in [4.78, 5) is 0. The molecule has 1 nitrogen and oxygen atoms in total. The Labute approximate surface area is 86.5 Å². The maximum Gasteiger partial charge on any atom is -0.00113 e. The molecular weight excluding hydrogens is 170 g/mol. The molecule has 1 aromatic carbocycles. The summed E-state index contributed by atoms with van der Waals surface area (Å²) < 4.78 is 0. The Morgan fingerprint density at radius 1 is 1.29 bits per heavy atom. The molecule has 1 aromatic rings. The fraction of sp³-hybridized carbons (Fsp3) is 0.538. The highest BCUT2D eigenvalue weighted by molar-refractivity contribution is 5.31. The molecule has 2 rings (SSSR count). The Morgan fingerprint density at radius 3 is 2.71 bits per heavy atom. The van der Waals surface area contributed by atoms with Gasteiger partial charge in [-0.15, -0.1) is 0 Å². The third kappa shape index (κ3) is 1.98. The Kier molecular flexibility index (Phi) is 3.20. The first-order valence-corrected chi connectivity index (χ1v) is 5.64. The lowest BCUT2D eigenvalue weighted by Crippen LogP contribution is -2.15. The minimum atomic E-state index is 0.864. The molecule has 1 aliphatic rings. The minimum Gasteiger partial charge on any atom is -0.319 e. The zero-order valence-corrected chi connectivity index (χ0v) is 8.92. The standard InChI is InChI=1S/C13H19N/c1-14-10-9-12-5-2-3-8-13(12)11-6-4-7-11/h2-3,5,8,11,14H,4,6-7,9-10H2,1H3.